The minimum atomic E-state index is -0.0825. The molecule has 24 heavy (non-hydrogen) atoms. The number of rotatable bonds is 4. The van der Waals surface area contributed by atoms with Crippen LogP contribution in [0, 0.1) is 6.92 Å². The second kappa shape index (κ2) is 6.63. The van der Waals surface area contributed by atoms with Crippen molar-refractivity contribution in [2.75, 3.05) is 19.8 Å². The summed E-state index contributed by atoms with van der Waals surface area (Å²) in [6.45, 7) is 4.99. The highest BCUT2D eigenvalue weighted by Crippen LogP contribution is 2.35. The molecule has 6 heteroatoms. The monoisotopic (exact) mass is 329 g/mol. The van der Waals surface area contributed by atoms with Gasteiger partial charge in [-0.3, -0.25) is 0 Å². The zero-order valence-corrected chi connectivity index (χ0v) is 14.0. The van der Waals surface area contributed by atoms with Crippen molar-refractivity contribution < 1.29 is 14.0 Å². The lowest BCUT2D eigenvalue weighted by Gasteiger charge is -2.37. The zero-order chi connectivity index (χ0) is 16.4. The molecule has 0 amide bonds. The third-order valence-corrected chi connectivity index (χ3v) is 5.12. The van der Waals surface area contributed by atoms with Gasteiger partial charge in [0.25, 0.3) is 5.89 Å². The fourth-order valence-corrected chi connectivity index (χ4v) is 3.70. The van der Waals surface area contributed by atoms with Gasteiger partial charge in [0, 0.05) is 44.3 Å². The molecule has 0 radical (unpaired) electrons. The summed E-state index contributed by atoms with van der Waals surface area (Å²) in [6, 6.07) is 8.35. The van der Waals surface area contributed by atoms with Gasteiger partial charge in [-0.05, 0) is 25.0 Å². The predicted octanol–water partition coefficient (Wildman–Crippen LogP) is 2.47. The van der Waals surface area contributed by atoms with Crippen LogP contribution in [-0.2, 0) is 16.0 Å². The number of benzene rings is 1. The lowest BCUT2D eigenvalue weighted by molar-refractivity contribution is -0.0886. The summed E-state index contributed by atoms with van der Waals surface area (Å²) in [6.07, 6.45) is 2.92. The van der Waals surface area contributed by atoms with Crippen LogP contribution in [-0.4, -0.2) is 41.6 Å². The van der Waals surface area contributed by atoms with E-state index in [1.54, 1.807) is 0 Å². The van der Waals surface area contributed by atoms with Gasteiger partial charge in [0.15, 0.2) is 5.82 Å². The van der Waals surface area contributed by atoms with Crippen LogP contribution >= 0.6 is 0 Å². The first kappa shape index (κ1) is 15.7. The molecule has 128 valence electrons. The van der Waals surface area contributed by atoms with E-state index < -0.39 is 0 Å². The largest absolute Gasteiger partial charge is 0.381 e. The Morgan fingerprint density at radius 3 is 2.88 bits per heavy atom. The fourth-order valence-electron chi connectivity index (χ4n) is 3.70. The topological polar surface area (TPSA) is 69.4 Å². The van der Waals surface area contributed by atoms with E-state index in [0.29, 0.717) is 24.3 Å². The predicted molar refractivity (Wildman–Crippen MR) is 88.5 cm³/mol. The van der Waals surface area contributed by atoms with Gasteiger partial charge in [0.05, 0.1) is 12.1 Å². The van der Waals surface area contributed by atoms with E-state index in [1.807, 2.05) is 31.2 Å². The molecule has 2 aliphatic heterocycles. The Bertz CT molecular complexity index is 694. The van der Waals surface area contributed by atoms with Crippen LogP contribution in [0.2, 0.25) is 0 Å². The molecular weight excluding hydrogens is 306 g/mol. The molecule has 2 fully saturated rings. The van der Waals surface area contributed by atoms with Crippen molar-refractivity contribution in [3.8, 4) is 11.5 Å². The molecule has 0 saturated carbocycles. The molecule has 1 N–H and O–H groups in total. The van der Waals surface area contributed by atoms with Crippen LogP contribution < -0.4 is 5.32 Å². The Morgan fingerprint density at radius 1 is 1.21 bits per heavy atom. The van der Waals surface area contributed by atoms with Gasteiger partial charge in [-0.1, -0.05) is 23.4 Å². The minimum absolute atomic E-state index is 0.0825. The summed E-state index contributed by atoms with van der Waals surface area (Å²) in [4.78, 5) is 4.53. The fraction of sp³-hybridized carbons (Fsp3) is 0.556. The normalized spacial score (nSPS) is 23.0. The molecular formula is C18H23N3O3. The van der Waals surface area contributed by atoms with Crippen molar-refractivity contribution in [2.45, 2.75) is 44.4 Å². The molecule has 0 bridgehead atoms. The molecule has 1 unspecified atom stereocenters. The molecule has 2 aliphatic rings. The maximum Gasteiger partial charge on any atom is 0.258 e. The Hall–Kier alpha value is -1.76. The summed E-state index contributed by atoms with van der Waals surface area (Å²) < 4.78 is 17.0. The maximum atomic E-state index is 6.07. The van der Waals surface area contributed by atoms with Crippen molar-refractivity contribution in [3.05, 3.63) is 35.7 Å². The molecule has 1 aromatic carbocycles. The highest BCUT2D eigenvalue weighted by Gasteiger charge is 2.45. The average Bonchev–Trinajstić information content (AvgIpc) is 3.22. The molecule has 0 aliphatic carbocycles. The van der Waals surface area contributed by atoms with Gasteiger partial charge in [-0.2, -0.15) is 4.98 Å². The zero-order valence-electron chi connectivity index (χ0n) is 14.0. The van der Waals surface area contributed by atoms with Crippen LogP contribution in [0.4, 0.5) is 0 Å². The summed E-state index contributed by atoms with van der Waals surface area (Å²) in [5.41, 5.74) is 2.04. The molecule has 4 rings (SSSR count). The number of hydrogen-bond donors (Lipinski definition) is 1. The van der Waals surface area contributed by atoms with Gasteiger partial charge >= 0.3 is 0 Å². The number of nitrogens with one attached hydrogen (secondary N) is 1. The molecule has 3 heterocycles. The van der Waals surface area contributed by atoms with Gasteiger partial charge in [0.1, 0.15) is 0 Å². The Labute approximate surface area is 141 Å². The number of hydrogen-bond acceptors (Lipinski definition) is 6. The van der Waals surface area contributed by atoms with Gasteiger partial charge in [-0.25, -0.2) is 0 Å². The van der Waals surface area contributed by atoms with E-state index in [1.165, 1.54) is 0 Å². The smallest absolute Gasteiger partial charge is 0.258 e. The van der Waals surface area contributed by atoms with Crippen LogP contribution in [0.25, 0.3) is 11.5 Å². The number of aryl methyl sites for hydroxylation is 1. The Kier molecular flexibility index (Phi) is 4.35. The van der Waals surface area contributed by atoms with E-state index in [-0.39, 0.29) is 5.60 Å². The van der Waals surface area contributed by atoms with Gasteiger partial charge in [0.2, 0.25) is 0 Å². The highest BCUT2D eigenvalue weighted by molar-refractivity contribution is 5.57. The standard InChI is InChI=1S/C18H23N3O3/c1-13-4-2-3-5-14(13)17-20-16(21-24-17)12-19-15-6-9-23-18(15)7-10-22-11-8-18/h2-5,15,19H,6-12H2,1H3. The van der Waals surface area contributed by atoms with Crippen molar-refractivity contribution in [1.82, 2.24) is 15.5 Å². The van der Waals surface area contributed by atoms with E-state index in [9.17, 15) is 0 Å². The van der Waals surface area contributed by atoms with Gasteiger partial charge in [-0.15, -0.1) is 0 Å². The summed E-state index contributed by atoms with van der Waals surface area (Å²) in [5.74, 6) is 1.26. The van der Waals surface area contributed by atoms with Crippen LogP contribution in [0.15, 0.2) is 28.8 Å². The van der Waals surface area contributed by atoms with Crippen molar-refractivity contribution >= 4 is 0 Å². The molecule has 2 saturated heterocycles. The first-order valence-electron chi connectivity index (χ1n) is 8.60. The molecule has 6 nitrogen and oxygen atoms in total. The van der Waals surface area contributed by atoms with Crippen molar-refractivity contribution in [1.29, 1.82) is 0 Å². The first-order valence-corrected chi connectivity index (χ1v) is 8.60. The van der Waals surface area contributed by atoms with Crippen LogP contribution in [0.3, 0.4) is 0 Å². The van der Waals surface area contributed by atoms with E-state index in [0.717, 1.165) is 50.2 Å². The molecule has 1 spiro atoms. The third-order valence-electron chi connectivity index (χ3n) is 5.12. The van der Waals surface area contributed by atoms with Crippen LogP contribution in [0.5, 0.6) is 0 Å². The van der Waals surface area contributed by atoms with E-state index >= 15 is 0 Å². The SMILES string of the molecule is Cc1ccccc1-c1nc(CNC2CCOC23CCOCC3)no1. The highest BCUT2D eigenvalue weighted by atomic mass is 16.5. The van der Waals surface area contributed by atoms with E-state index in [2.05, 4.69) is 15.5 Å². The number of aromatic nitrogens is 2. The quantitative estimate of drug-likeness (QED) is 0.929. The molecule has 2 aromatic rings. The average molecular weight is 329 g/mol. The lowest BCUT2D eigenvalue weighted by Crippen LogP contribution is -2.50. The van der Waals surface area contributed by atoms with Gasteiger partial charge < -0.3 is 19.3 Å². The summed E-state index contributed by atoms with van der Waals surface area (Å²) in [5, 5.41) is 7.69. The molecule has 1 aromatic heterocycles. The number of ether oxygens (including phenoxy) is 2. The first-order chi connectivity index (χ1) is 11.8. The minimum Gasteiger partial charge on any atom is -0.381 e. The second-order valence-electron chi connectivity index (χ2n) is 6.58. The van der Waals surface area contributed by atoms with Crippen LogP contribution in [0.1, 0.15) is 30.7 Å². The summed E-state index contributed by atoms with van der Waals surface area (Å²) >= 11 is 0. The second-order valence-corrected chi connectivity index (χ2v) is 6.58. The Balaban J connectivity index is 1.42. The van der Waals surface area contributed by atoms with Crippen molar-refractivity contribution in [2.24, 2.45) is 0 Å². The maximum absolute atomic E-state index is 6.07. The summed E-state index contributed by atoms with van der Waals surface area (Å²) in [7, 11) is 0. The lowest BCUT2D eigenvalue weighted by atomic mass is 9.86. The molecule has 1 atom stereocenters. The van der Waals surface area contributed by atoms with E-state index in [4.69, 9.17) is 14.0 Å². The van der Waals surface area contributed by atoms with Crippen molar-refractivity contribution in [3.63, 3.8) is 0 Å². The Morgan fingerprint density at radius 2 is 2.04 bits per heavy atom. The third kappa shape index (κ3) is 2.97. The number of nitrogens with zero attached hydrogens (tertiary/aromatic N) is 2.